The van der Waals surface area contributed by atoms with Gasteiger partial charge in [0, 0.05) is 6.54 Å². The van der Waals surface area contributed by atoms with Crippen molar-refractivity contribution in [1.29, 1.82) is 0 Å². The van der Waals surface area contributed by atoms with Gasteiger partial charge in [0.05, 0.1) is 18.4 Å². The first-order chi connectivity index (χ1) is 8.81. The van der Waals surface area contributed by atoms with Crippen molar-refractivity contribution in [2.45, 2.75) is 25.5 Å². The molecule has 0 saturated heterocycles. The van der Waals surface area contributed by atoms with Crippen molar-refractivity contribution in [2.24, 2.45) is 0 Å². The average Bonchev–Trinajstić information content (AvgIpc) is 2.94. The summed E-state index contributed by atoms with van der Waals surface area (Å²) in [5.74, 6) is 0.865. The molecular formula is C15H19NO2. The molecule has 0 aliphatic heterocycles. The molecule has 2 N–H and O–H groups in total. The van der Waals surface area contributed by atoms with E-state index in [1.165, 1.54) is 0 Å². The van der Waals surface area contributed by atoms with Crippen LogP contribution in [0.4, 0.5) is 0 Å². The highest BCUT2D eigenvalue weighted by Gasteiger charge is 2.16. The van der Waals surface area contributed by atoms with E-state index in [1.54, 1.807) is 6.26 Å². The van der Waals surface area contributed by atoms with Crippen molar-refractivity contribution in [3.8, 4) is 0 Å². The van der Waals surface area contributed by atoms with Gasteiger partial charge in [-0.2, -0.15) is 0 Å². The molecule has 2 rings (SSSR count). The van der Waals surface area contributed by atoms with Crippen LogP contribution in [0, 0.1) is 0 Å². The Morgan fingerprint density at radius 1 is 1.17 bits per heavy atom. The van der Waals surface area contributed by atoms with Crippen LogP contribution in [0.5, 0.6) is 0 Å². The van der Waals surface area contributed by atoms with Gasteiger partial charge in [0.25, 0.3) is 0 Å². The van der Waals surface area contributed by atoms with Crippen molar-refractivity contribution in [1.82, 2.24) is 5.32 Å². The third-order valence-corrected chi connectivity index (χ3v) is 2.99. The van der Waals surface area contributed by atoms with Crippen molar-refractivity contribution < 1.29 is 9.52 Å². The minimum atomic E-state index is -0.328. The zero-order valence-corrected chi connectivity index (χ0v) is 10.5. The Morgan fingerprint density at radius 3 is 2.56 bits per heavy atom. The second-order valence-corrected chi connectivity index (χ2v) is 4.33. The topological polar surface area (TPSA) is 45.4 Å². The first kappa shape index (κ1) is 12.9. The minimum absolute atomic E-state index is 0.0117. The molecule has 0 fully saturated rings. The third-order valence-electron chi connectivity index (χ3n) is 2.99. The highest BCUT2D eigenvalue weighted by atomic mass is 16.3. The summed E-state index contributed by atoms with van der Waals surface area (Å²) in [6, 6.07) is 13.9. The maximum atomic E-state index is 9.66. The van der Waals surface area contributed by atoms with Gasteiger partial charge in [-0.05, 0) is 24.1 Å². The van der Waals surface area contributed by atoms with Gasteiger partial charge in [-0.1, -0.05) is 37.3 Å². The molecule has 1 aromatic carbocycles. The maximum absolute atomic E-state index is 9.66. The number of furan rings is 1. The Hall–Kier alpha value is -1.58. The molecule has 0 bridgehead atoms. The zero-order chi connectivity index (χ0) is 12.8. The van der Waals surface area contributed by atoms with Crippen LogP contribution < -0.4 is 5.32 Å². The molecular weight excluding hydrogens is 226 g/mol. The molecule has 3 heteroatoms. The molecule has 1 aromatic heterocycles. The summed E-state index contributed by atoms with van der Waals surface area (Å²) in [5.41, 5.74) is 1.13. The number of rotatable bonds is 6. The van der Waals surface area contributed by atoms with Gasteiger partial charge >= 0.3 is 0 Å². The van der Waals surface area contributed by atoms with Crippen molar-refractivity contribution in [3.63, 3.8) is 0 Å². The van der Waals surface area contributed by atoms with E-state index in [1.807, 2.05) is 37.3 Å². The minimum Gasteiger partial charge on any atom is -0.467 e. The molecule has 1 heterocycles. The Balaban J connectivity index is 2.14. The summed E-state index contributed by atoms with van der Waals surface area (Å²) in [6.07, 6.45) is 2.08. The number of aliphatic hydroxyl groups excluding tert-OH is 1. The quantitative estimate of drug-likeness (QED) is 0.822. The molecule has 0 saturated carbocycles. The van der Waals surface area contributed by atoms with Crippen LogP contribution in [0.2, 0.25) is 0 Å². The van der Waals surface area contributed by atoms with Gasteiger partial charge in [-0.3, -0.25) is 0 Å². The zero-order valence-electron chi connectivity index (χ0n) is 10.5. The number of aliphatic hydroxyl groups is 1. The summed E-state index contributed by atoms with van der Waals surface area (Å²) in [6.45, 7) is 2.52. The van der Waals surface area contributed by atoms with Gasteiger partial charge in [-0.15, -0.1) is 0 Å². The summed E-state index contributed by atoms with van der Waals surface area (Å²) in [4.78, 5) is 0. The lowest BCUT2D eigenvalue weighted by molar-refractivity contribution is 0.163. The molecule has 3 nitrogen and oxygen atoms in total. The van der Waals surface area contributed by atoms with Crippen molar-refractivity contribution in [2.75, 3.05) is 6.54 Å². The molecule has 2 aromatic rings. The van der Waals surface area contributed by atoms with Gasteiger partial charge in [-0.25, -0.2) is 0 Å². The lowest BCUT2D eigenvalue weighted by Crippen LogP contribution is -2.30. The number of hydrogen-bond donors (Lipinski definition) is 2. The molecule has 2 unspecified atom stereocenters. The van der Waals surface area contributed by atoms with Crippen LogP contribution in [-0.4, -0.2) is 17.8 Å². The predicted octanol–water partition coefficient (Wildman–Crippen LogP) is 2.73. The second kappa shape index (κ2) is 6.38. The summed E-state index contributed by atoms with van der Waals surface area (Å²) in [7, 11) is 0. The normalized spacial score (nSPS) is 14.3. The van der Waals surface area contributed by atoms with Crippen LogP contribution in [0.3, 0.4) is 0 Å². The van der Waals surface area contributed by atoms with Crippen molar-refractivity contribution in [3.05, 3.63) is 60.1 Å². The number of benzene rings is 1. The van der Waals surface area contributed by atoms with E-state index in [0.29, 0.717) is 6.54 Å². The van der Waals surface area contributed by atoms with E-state index in [-0.39, 0.29) is 12.1 Å². The molecule has 96 valence electrons. The van der Waals surface area contributed by atoms with Gasteiger partial charge < -0.3 is 14.8 Å². The molecule has 0 aliphatic rings. The van der Waals surface area contributed by atoms with E-state index >= 15 is 0 Å². The standard InChI is InChI=1S/C15H19NO2/c1-2-13(17)11-16-15(14-9-6-10-18-14)12-7-4-3-5-8-12/h3-10,13,15-17H,2,11H2,1H3. The lowest BCUT2D eigenvalue weighted by atomic mass is 10.0. The molecule has 2 atom stereocenters. The lowest BCUT2D eigenvalue weighted by Gasteiger charge is -2.19. The fraction of sp³-hybridized carbons (Fsp3) is 0.333. The third kappa shape index (κ3) is 3.22. The van der Waals surface area contributed by atoms with E-state index in [9.17, 15) is 5.11 Å². The van der Waals surface area contributed by atoms with Crippen LogP contribution in [-0.2, 0) is 0 Å². The highest BCUT2D eigenvalue weighted by Crippen LogP contribution is 2.22. The van der Waals surface area contributed by atoms with Gasteiger partial charge in [0.2, 0.25) is 0 Å². The Morgan fingerprint density at radius 2 is 1.94 bits per heavy atom. The van der Waals surface area contributed by atoms with E-state index in [4.69, 9.17) is 4.42 Å². The molecule has 0 radical (unpaired) electrons. The first-order valence-corrected chi connectivity index (χ1v) is 6.31. The SMILES string of the molecule is CCC(O)CNC(c1ccccc1)c1ccco1. The fourth-order valence-corrected chi connectivity index (χ4v) is 1.88. The Labute approximate surface area is 107 Å². The van der Waals surface area contributed by atoms with Crippen LogP contribution in [0.15, 0.2) is 53.1 Å². The summed E-state index contributed by atoms with van der Waals surface area (Å²) in [5, 5.41) is 13.0. The first-order valence-electron chi connectivity index (χ1n) is 6.31. The van der Waals surface area contributed by atoms with Crippen LogP contribution >= 0.6 is 0 Å². The second-order valence-electron chi connectivity index (χ2n) is 4.33. The smallest absolute Gasteiger partial charge is 0.125 e. The fourth-order valence-electron chi connectivity index (χ4n) is 1.88. The van der Waals surface area contributed by atoms with E-state index < -0.39 is 0 Å². The van der Waals surface area contributed by atoms with Gasteiger partial charge in [0.15, 0.2) is 0 Å². The summed E-state index contributed by atoms with van der Waals surface area (Å²) >= 11 is 0. The van der Waals surface area contributed by atoms with E-state index in [0.717, 1.165) is 17.7 Å². The molecule has 0 amide bonds. The van der Waals surface area contributed by atoms with Crippen LogP contribution in [0.25, 0.3) is 0 Å². The van der Waals surface area contributed by atoms with Crippen LogP contribution in [0.1, 0.15) is 30.7 Å². The average molecular weight is 245 g/mol. The highest BCUT2D eigenvalue weighted by molar-refractivity contribution is 5.26. The molecule has 18 heavy (non-hydrogen) atoms. The monoisotopic (exact) mass is 245 g/mol. The largest absolute Gasteiger partial charge is 0.467 e. The Bertz CT molecular complexity index is 439. The van der Waals surface area contributed by atoms with E-state index in [2.05, 4.69) is 17.4 Å². The van der Waals surface area contributed by atoms with Gasteiger partial charge in [0.1, 0.15) is 5.76 Å². The Kier molecular flexibility index (Phi) is 4.56. The number of hydrogen-bond acceptors (Lipinski definition) is 3. The summed E-state index contributed by atoms with van der Waals surface area (Å²) < 4.78 is 5.47. The maximum Gasteiger partial charge on any atom is 0.125 e. The predicted molar refractivity (Wildman–Crippen MR) is 71.3 cm³/mol. The molecule has 0 spiro atoms. The molecule has 0 aliphatic carbocycles. The van der Waals surface area contributed by atoms with Crippen molar-refractivity contribution >= 4 is 0 Å². The number of nitrogens with one attached hydrogen (secondary N) is 1.